The lowest BCUT2D eigenvalue weighted by Crippen LogP contribution is -2.73. The third-order valence-electron chi connectivity index (χ3n) is 5.16. The maximum Gasteiger partial charge on any atom is 0.420 e. The number of aliphatic hydroxyl groups is 1. The Morgan fingerprint density at radius 3 is 2.09 bits per heavy atom. The smallest absolute Gasteiger partial charge is 0.378 e. The number of hydrogen-bond donors (Lipinski definition) is 1. The van der Waals surface area contributed by atoms with Crippen LogP contribution in [0, 0.1) is 0 Å². The summed E-state index contributed by atoms with van der Waals surface area (Å²) in [7, 11) is 0. The van der Waals surface area contributed by atoms with Crippen molar-refractivity contribution in [3.05, 3.63) is 0 Å². The molecular weight excluding hydrogens is 299 g/mol. The van der Waals surface area contributed by atoms with Gasteiger partial charge in [-0.05, 0) is 26.7 Å². The van der Waals surface area contributed by atoms with Gasteiger partial charge in [0.15, 0.2) is 5.60 Å². The van der Waals surface area contributed by atoms with Crippen molar-refractivity contribution in [2.24, 2.45) is 0 Å². The number of rotatable bonds is 1. The van der Waals surface area contributed by atoms with Crippen LogP contribution in [0.4, 0.5) is 18.0 Å². The Labute approximate surface area is 127 Å². The molecule has 2 unspecified atom stereocenters. The van der Waals surface area contributed by atoms with Crippen molar-refractivity contribution >= 4 is 6.03 Å². The molecule has 3 aliphatic rings. The van der Waals surface area contributed by atoms with Crippen molar-refractivity contribution in [2.45, 2.75) is 56.6 Å². The van der Waals surface area contributed by atoms with E-state index < -0.39 is 24.9 Å². The van der Waals surface area contributed by atoms with Crippen LogP contribution >= 0.6 is 0 Å². The minimum Gasteiger partial charge on any atom is -0.378 e. The highest BCUT2D eigenvalue weighted by Gasteiger charge is 2.63. The fourth-order valence-corrected chi connectivity index (χ4v) is 3.73. The number of carbonyl (C=O) groups excluding carboxylic acids is 1. The van der Waals surface area contributed by atoms with E-state index in [0.29, 0.717) is 6.04 Å². The zero-order valence-electron chi connectivity index (χ0n) is 12.8. The van der Waals surface area contributed by atoms with E-state index in [0.717, 1.165) is 30.8 Å². The molecule has 0 radical (unpaired) electrons. The standard InChI is InChI=1S/C14H22F3N3O2/c1-9(2)18-5-10-3-4-11(6-18)20(10)12(21)19-7-13(22,8-19)14(15,16)17/h9-11,22H,3-8H2,1-2H3. The molecule has 3 aliphatic heterocycles. The largest absolute Gasteiger partial charge is 0.420 e. The van der Waals surface area contributed by atoms with E-state index in [1.807, 2.05) is 0 Å². The van der Waals surface area contributed by atoms with Gasteiger partial charge in [-0.1, -0.05) is 0 Å². The number of urea groups is 1. The fraction of sp³-hybridized carbons (Fsp3) is 0.929. The molecule has 126 valence electrons. The van der Waals surface area contributed by atoms with Crippen LogP contribution in [0.2, 0.25) is 0 Å². The number of halogens is 3. The van der Waals surface area contributed by atoms with Crippen LogP contribution in [0.1, 0.15) is 26.7 Å². The summed E-state index contributed by atoms with van der Waals surface area (Å²) in [6.45, 7) is 4.46. The van der Waals surface area contributed by atoms with Crippen LogP contribution in [-0.4, -0.2) is 81.9 Å². The first-order valence-electron chi connectivity index (χ1n) is 7.73. The van der Waals surface area contributed by atoms with Crippen LogP contribution < -0.4 is 0 Å². The summed E-state index contributed by atoms with van der Waals surface area (Å²) in [4.78, 5) is 17.7. The molecule has 3 saturated heterocycles. The van der Waals surface area contributed by atoms with Crippen molar-refractivity contribution in [1.29, 1.82) is 0 Å². The van der Waals surface area contributed by atoms with Crippen LogP contribution in [0.25, 0.3) is 0 Å². The third kappa shape index (κ3) is 2.36. The second-order valence-electron chi connectivity index (χ2n) is 7.01. The van der Waals surface area contributed by atoms with Gasteiger partial charge in [0.25, 0.3) is 0 Å². The van der Waals surface area contributed by atoms with Gasteiger partial charge < -0.3 is 14.9 Å². The van der Waals surface area contributed by atoms with Crippen LogP contribution in [0.5, 0.6) is 0 Å². The predicted octanol–water partition coefficient (Wildman–Crippen LogP) is 1.27. The van der Waals surface area contributed by atoms with E-state index >= 15 is 0 Å². The summed E-state index contributed by atoms with van der Waals surface area (Å²) in [5, 5.41) is 9.48. The average Bonchev–Trinajstić information content (AvgIpc) is 2.62. The van der Waals surface area contributed by atoms with Crippen molar-refractivity contribution in [3.63, 3.8) is 0 Å². The molecule has 2 bridgehead atoms. The minimum absolute atomic E-state index is 0.0771. The number of carbonyl (C=O) groups is 1. The SMILES string of the molecule is CC(C)N1CC2CCC(C1)N2C(=O)N1CC(O)(C(F)(F)F)C1. The second-order valence-corrected chi connectivity index (χ2v) is 7.01. The summed E-state index contributed by atoms with van der Waals surface area (Å²) in [5.41, 5.74) is -2.73. The Morgan fingerprint density at radius 1 is 1.18 bits per heavy atom. The minimum atomic E-state index is -4.68. The van der Waals surface area contributed by atoms with Gasteiger partial charge in [-0.25, -0.2) is 4.79 Å². The summed E-state index contributed by atoms with van der Waals surface area (Å²) in [5.74, 6) is 0. The summed E-state index contributed by atoms with van der Waals surface area (Å²) >= 11 is 0. The highest BCUT2D eigenvalue weighted by atomic mass is 19.4. The molecule has 3 rings (SSSR count). The Hall–Kier alpha value is -1.02. The van der Waals surface area contributed by atoms with Crippen molar-refractivity contribution < 1.29 is 23.1 Å². The number of alkyl halides is 3. The molecule has 0 spiro atoms. The number of nitrogens with zero attached hydrogens (tertiary/aromatic N) is 3. The molecule has 1 N–H and O–H groups in total. The van der Waals surface area contributed by atoms with E-state index in [1.54, 1.807) is 4.90 Å². The molecule has 0 aromatic carbocycles. The van der Waals surface area contributed by atoms with Gasteiger partial charge in [0.2, 0.25) is 0 Å². The quantitative estimate of drug-likeness (QED) is 0.791. The molecule has 0 saturated carbocycles. The summed E-state index contributed by atoms with van der Waals surface area (Å²) < 4.78 is 38.0. The number of likely N-dealkylation sites (tertiary alicyclic amines) is 2. The van der Waals surface area contributed by atoms with Gasteiger partial charge in [0, 0.05) is 31.2 Å². The molecule has 3 fully saturated rings. The van der Waals surface area contributed by atoms with E-state index in [2.05, 4.69) is 18.7 Å². The summed E-state index contributed by atoms with van der Waals surface area (Å²) in [6, 6.07) is 0.200. The fourth-order valence-electron chi connectivity index (χ4n) is 3.73. The highest BCUT2D eigenvalue weighted by molar-refractivity contribution is 5.77. The number of amides is 2. The van der Waals surface area contributed by atoms with Gasteiger partial charge in [0.05, 0.1) is 13.1 Å². The monoisotopic (exact) mass is 321 g/mol. The Balaban J connectivity index is 1.64. The zero-order chi connectivity index (χ0) is 16.3. The summed E-state index contributed by atoms with van der Waals surface area (Å²) in [6.07, 6.45) is -2.88. The van der Waals surface area contributed by atoms with Crippen LogP contribution in [0.3, 0.4) is 0 Å². The van der Waals surface area contributed by atoms with Gasteiger partial charge in [0.1, 0.15) is 0 Å². The molecule has 0 aromatic rings. The van der Waals surface area contributed by atoms with E-state index in [9.17, 15) is 23.1 Å². The molecule has 0 aliphatic carbocycles. The van der Waals surface area contributed by atoms with Crippen molar-refractivity contribution in [3.8, 4) is 0 Å². The average molecular weight is 321 g/mol. The Kier molecular flexibility index (Phi) is 3.60. The first-order chi connectivity index (χ1) is 10.1. The molecular formula is C14H22F3N3O2. The first-order valence-corrected chi connectivity index (χ1v) is 7.73. The molecule has 0 aromatic heterocycles. The number of β-amino-alcohol motifs (C(OH)–C–C–N with tert-alkyl or cyclic N) is 1. The molecule has 2 atom stereocenters. The number of piperazine rings is 1. The number of hydrogen-bond acceptors (Lipinski definition) is 3. The molecule has 2 amide bonds. The zero-order valence-corrected chi connectivity index (χ0v) is 12.8. The molecule has 5 nitrogen and oxygen atoms in total. The van der Waals surface area contributed by atoms with Crippen molar-refractivity contribution in [2.75, 3.05) is 26.2 Å². The predicted molar refractivity (Wildman–Crippen MR) is 73.3 cm³/mol. The molecule has 22 heavy (non-hydrogen) atoms. The molecule has 3 heterocycles. The maximum absolute atomic E-state index is 12.7. The van der Waals surface area contributed by atoms with Gasteiger partial charge in [-0.2, -0.15) is 13.2 Å². The van der Waals surface area contributed by atoms with E-state index in [4.69, 9.17) is 0 Å². The lowest BCUT2D eigenvalue weighted by molar-refractivity contribution is -0.295. The third-order valence-corrected chi connectivity index (χ3v) is 5.16. The maximum atomic E-state index is 12.7. The number of fused-ring (bicyclic) bond motifs is 2. The van der Waals surface area contributed by atoms with Crippen LogP contribution in [0.15, 0.2) is 0 Å². The highest BCUT2D eigenvalue weighted by Crippen LogP contribution is 2.40. The topological polar surface area (TPSA) is 47.0 Å². The lowest BCUT2D eigenvalue weighted by atomic mass is 9.94. The second kappa shape index (κ2) is 4.99. The normalized spacial score (nSPS) is 31.6. The Bertz CT molecular complexity index is 449. The van der Waals surface area contributed by atoms with Gasteiger partial charge in [-0.3, -0.25) is 4.90 Å². The van der Waals surface area contributed by atoms with Gasteiger partial charge >= 0.3 is 12.2 Å². The van der Waals surface area contributed by atoms with Crippen LogP contribution in [-0.2, 0) is 0 Å². The lowest BCUT2D eigenvalue weighted by Gasteiger charge is -2.51. The van der Waals surface area contributed by atoms with E-state index in [-0.39, 0.29) is 18.1 Å². The Morgan fingerprint density at radius 2 is 1.68 bits per heavy atom. The first kappa shape index (κ1) is 15.9. The van der Waals surface area contributed by atoms with Crippen molar-refractivity contribution in [1.82, 2.24) is 14.7 Å². The molecule has 8 heteroatoms. The van der Waals surface area contributed by atoms with Gasteiger partial charge in [-0.15, -0.1) is 0 Å². The van der Waals surface area contributed by atoms with E-state index in [1.165, 1.54) is 0 Å².